The predicted molar refractivity (Wildman–Crippen MR) is 96.7 cm³/mol. The second-order valence-corrected chi connectivity index (χ2v) is 7.08. The molecule has 1 aromatic carbocycles. The third kappa shape index (κ3) is 4.44. The first-order valence-corrected chi connectivity index (χ1v) is 9.42. The summed E-state index contributed by atoms with van der Waals surface area (Å²) < 4.78 is 0. The first-order chi connectivity index (χ1) is 11.7. The number of thiophene rings is 1. The summed E-state index contributed by atoms with van der Waals surface area (Å²) in [4.78, 5) is 14.8. The van der Waals surface area contributed by atoms with Crippen LogP contribution >= 0.6 is 11.3 Å². The molecule has 1 aliphatic rings. The van der Waals surface area contributed by atoms with E-state index < -0.39 is 6.10 Å². The van der Waals surface area contributed by atoms with Crippen molar-refractivity contribution in [2.45, 2.75) is 25.5 Å². The van der Waals surface area contributed by atoms with Crippen molar-refractivity contribution < 1.29 is 9.90 Å². The highest BCUT2D eigenvalue weighted by atomic mass is 32.1. The monoisotopic (exact) mass is 344 g/mol. The van der Waals surface area contributed by atoms with E-state index in [1.54, 1.807) is 11.3 Å². The van der Waals surface area contributed by atoms with E-state index in [9.17, 15) is 9.90 Å². The van der Waals surface area contributed by atoms with Gasteiger partial charge >= 0.3 is 0 Å². The van der Waals surface area contributed by atoms with Crippen LogP contribution in [0.25, 0.3) is 0 Å². The highest BCUT2D eigenvalue weighted by Gasteiger charge is 2.27. The molecule has 0 radical (unpaired) electrons. The second-order valence-electron chi connectivity index (χ2n) is 6.30. The highest BCUT2D eigenvalue weighted by molar-refractivity contribution is 7.07. The second kappa shape index (κ2) is 8.42. The molecule has 0 spiro atoms. The van der Waals surface area contributed by atoms with Gasteiger partial charge in [0, 0.05) is 12.5 Å². The average molecular weight is 344 g/mol. The van der Waals surface area contributed by atoms with Gasteiger partial charge in [0.2, 0.25) is 5.91 Å². The molecule has 1 saturated heterocycles. The molecule has 1 aromatic heterocycles. The van der Waals surface area contributed by atoms with Gasteiger partial charge in [0.15, 0.2) is 0 Å². The van der Waals surface area contributed by atoms with Crippen molar-refractivity contribution in [3.05, 3.63) is 58.3 Å². The van der Waals surface area contributed by atoms with E-state index in [1.807, 2.05) is 52.1 Å². The Morgan fingerprint density at radius 2 is 2.00 bits per heavy atom. The molecule has 0 aliphatic carbocycles. The number of hydrogen-bond acceptors (Lipinski definition) is 4. The Morgan fingerprint density at radius 3 is 2.67 bits per heavy atom. The fourth-order valence-electron chi connectivity index (χ4n) is 3.14. The van der Waals surface area contributed by atoms with Crippen LogP contribution in [0.4, 0.5) is 0 Å². The van der Waals surface area contributed by atoms with Gasteiger partial charge in [0.1, 0.15) is 0 Å². The van der Waals surface area contributed by atoms with Gasteiger partial charge in [-0.2, -0.15) is 11.3 Å². The van der Waals surface area contributed by atoms with Crippen molar-refractivity contribution >= 4 is 17.2 Å². The largest absolute Gasteiger partial charge is 0.387 e. The van der Waals surface area contributed by atoms with Crippen molar-refractivity contribution in [2.24, 2.45) is 5.92 Å². The van der Waals surface area contributed by atoms with E-state index >= 15 is 0 Å². The lowest BCUT2D eigenvalue weighted by Gasteiger charge is -2.31. The van der Waals surface area contributed by atoms with Crippen LogP contribution in [0, 0.1) is 5.92 Å². The Labute approximate surface area is 147 Å². The number of carbonyl (C=O) groups is 1. The zero-order valence-electron chi connectivity index (χ0n) is 13.7. The lowest BCUT2D eigenvalue weighted by molar-refractivity contribution is -0.138. The Hall–Kier alpha value is -1.69. The maximum atomic E-state index is 13.0. The number of nitrogens with zero attached hydrogens (tertiary/aromatic N) is 1. The van der Waals surface area contributed by atoms with Crippen molar-refractivity contribution in [3.8, 4) is 0 Å². The summed E-state index contributed by atoms with van der Waals surface area (Å²) in [5.41, 5.74) is 1.98. The molecule has 2 N–H and O–H groups in total. The normalized spacial score (nSPS) is 16.7. The van der Waals surface area contributed by atoms with Crippen LogP contribution < -0.4 is 5.32 Å². The fraction of sp³-hybridized carbons (Fsp3) is 0.421. The number of hydrogen-bond donors (Lipinski definition) is 2. The van der Waals surface area contributed by atoms with Gasteiger partial charge in [0.05, 0.1) is 12.6 Å². The van der Waals surface area contributed by atoms with Crippen molar-refractivity contribution in [2.75, 3.05) is 19.6 Å². The topological polar surface area (TPSA) is 52.6 Å². The molecule has 1 aliphatic heterocycles. The molecule has 2 aromatic rings. The Kier molecular flexibility index (Phi) is 6.01. The van der Waals surface area contributed by atoms with E-state index in [-0.39, 0.29) is 11.8 Å². The minimum Gasteiger partial charge on any atom is -0.387 e. The Balaban J connectivity index is 1.73. The molecule has 4 nitrogen and oxygen atoms in total. The van der Waals surface area contributed by atoms with E-state index in [0.717, 1.165) is 37.1 Å². The summed E-state index contributed by atoms with van der Waals surface area (Å²) in [5.74, 6) is 0.222. The molecule has 2 heterocycles. The summed E-state index contributed by atoms with van der Waals surface area (Å²) in [6, 6.07) is 11.9. The molecule has 3 rings (SSSR count). The number of piperidine rings is 1. The zero-order valence-corrected chi connectivity index (χ0v) is 14.5. The molecule has 1 amide bonds. The average Bonchev–Trinajstić information content (AvgIpc) is 3.17. The highest BCUT2D eigenvalue weighted by Crippen LogP contribution is 2.22. The van der Waals surface area contributed by atoms with Crippen LogP contribution in [0.1, 0.15) is 30.1 Å². The third-order valence-corrected chi connectivity index (χ3v) is 5.24. The number of aliphatic hydroxyl groups is 1. The third-order valence-electron chi connectivity index (χ3n) is 4.54. The van der Waals surface area contributed by atoms with Crippen LogP contribution in [0.15, 0.2) is 47.2 Å². The Morgan fingerprint density at radius 1 is 1.25 bits per heavy atom. The lowest BCUT2D eigenvalue weighted by atomic mass is 9.96. The Bertz CT molecular complexity index is 624. The molecule has 128 valence electrons. The smallest absolute Gasteiger partial charge is 0.226 e. The van der Waals surface area contributed by atoms with Crippen molar-refractivity contribution in [1.29, 1.82) is 0 Å². The number of rotatable bonds is 6. The summed E-state index contributed by atoms with van der Waals surface area (Å²) in [6.45, 7) is 2.67. The SMILES string of the molecule is O=C(C1CCNCC1)N(Cc1ccccc1)CC(O)c1ccsc1. The van der Waals surface area contributed by atoms with Gasteiger partial charge in [-0.15, -0.1) is 0 Å². The summed E-state index contributed by atoms with van der Waals surface area (Å²) >= 11 is 1.56. The number of carbonyl (C=O) groups excluding carboxylic acids is 1. The quantitative estimate of drug-likeness (QED) is 0.847. The molecule has 1 unspecified atom stereocenters. The molecule has 1 fully saturated rings. The summed E-state index contributed by atoms with van der Waals surface area (Å²) in [6.07, 6.45) is 1.11. The van der Waals surface area contributed by atoms with E-state index in [4.69, 9.17) is 0 Å². The van der Waals surface area contributed by atoms with E-state index in [0.29, 0.717) is 13.1 Å². The zero-order chi connectivity index (χ0) is 16.8. The molecule has 5 heteroatoms. The van der Waals surface area contributed by atoms with Gasteiger partial charge < -0.3 is 15.3 Å². The van der Waals surface area contributed by atoms with Gasteiger partial charge in [-0.25, -0.2) is 0 Å². The lowest BCUT2D eigenvalue weighted by Crippen LogP contribution is -2.42. The van der Waals surface area contributed by atoms with Gasteiger partial charge in [-0.1, -0.05) is 30.3 Å². The van der Waals surface area contributed by atoms with E-state index in [2.05, 4.69) is 5.32 Å². The molecular weight excluding hydrogens is 320 g/mol. The summed E-state index contributed by atoms with van der Waals surface area (Å²) in [7, 11) is 0. The first-order valence-electron chi connectivity index (χ1n) is 8.47. The van der Waals surface area contributed by atoms with Gasteiger partial charge in [0.25, 0.3) is 0 Å². The molecule has 24 heavy (non-hydrogen) atoms. The number of benzene rings is 1. The summed E-state index contributed by atoms with van der Waals surface area (Å²) in [5, 5.41) is 17.7. The molecular formula is C19H24N2O2S. The number of nitrogens with one attached hydrogen (secondary N) is 1. The van der Waals surface area contributed by atoms with Crippen LogP contribution in [0.5, 0.6) is 0 Å². The van der Waals surface area contributed by atoms with E-state index in [1.165, 1.54) is 0 Å². The maximum absolute atomic E-state index is 13.0. The van der Waals surface area contributed by atoms with Crippen molar-refractivity contribution in [3.63, 3.8) is 0 Å². The number of aliphatic hydroxyl groups excluding tert-OH is 1. The minimum absolute atomic E-state index is 0.0598. The number of amides is 1. The van der Waals surface area contributed by atoms with Crippen LogP contribution in [-0.2, 0) is 11.3 Å². The van der Waals surface area contributed by atoms with Crippen LogP contribution in [-0.4, -0.2) is 35.5 Å². The van der Waals surface area contributed by atoms with Gasteiger partial charge in [-0.05, 0) is 53.9 Å². The maximum Gasteiger partial charge on any atom is 0.226 e. The standard InChI is InChI=1S/C19H24N2O2S/c22-18(17-8-11-24-14-17)13-21(12-15-4-2-1-3-5-15)19(23)16-6-9-20-10-7-16/h1-5,8,11,14,16,18,20,22H,6-7,9-10,12-13H2. The first kappa shape index (κ1) is 17.1. The molecule has 0 saturated carbocycles. The van der Waals surface area contributed by atoms with Crippen LogP contribution in [0.3, 0.4) is 0 Å². The minimum atomic E-state index is -0.634. The molecule has 0 bridgehead atoms. The van der Waals surface area contributed by atoms with Gasteiger partial charge in [-0.3, -0.25) is 4.79 Å². The predicted octanol–water partition coefficient (Wildman–Crippen LogP) is 2.81. The van der Waals surface area contributed by atoms with Crippen molar-refractivity contribution in [1.82, 2.24) is 10.2 Å². The fourth-order valence-corrected chi connectivity index (χ4v) is 3.85. The van der Waals surface area contributed by atoms with Crippen LogP contribution in [0.2, 0.25) is 0 Å². The molecule has 1 atom stereocenters.